The fourth-order valence-electron chi connectivity index (χ4n) is 1.74. The summed E-state index contributed by atoms with van der Waals surface area (Å²) in [6.07, 6.45) is 1.54. The standard InChI is InChI=1S/C14H20FN3O2.HI/c1-18(11-4-5-11)14(16)17-8-12(19)9-20-13-6-2-10(15)3-7-13;/h2-3,6-7,11-12,19H,4-5,8-9H2,1H3,(H2,16,17);1H. The molecule has 5 nitrogen and oxygen atoms in total. The van der Waals surface area contributed by atoms with Crippen LogP contribution in [0, 0.1) is 5.82 Å². The van der Waals surface area contributed by atoms with Crippen molar-refractivity contribution in [1.29, 1.82) is 0 Å². The lowest BCUT2D eigenvalue weighted by Crippen LogP contribution is -2.36. The number of aliphatic hydroxyl groups is 1. The Bertz CT molecular complexity index is 466. The molecule has 0 heterocycles. The molecule has 0 radical (unpaired) electrons. The second-order valence-corrected chi connectivity index (χ2v) is 4.96. The van der Waals surface area contributed by atoms with Crippen LogP contribution in [0.4, 0.5) is 4.39 Å². The van der Waals surface area contributed by atoms with Crippen molar-refractivity contribution in [2.24, 2.45) is 10.7 Å². The molecule has 0 bridgehead atoms. The van der Waals surface area contributed by atoms with Crippen molar-refractivity contribution in [2.45, 2.75) is 25.0 Å². The lowest BCUT2D eigenvalue weighted by molar-refractivity contribution is 0.114. The maximum atomic E-state index is 12.7. The molecule has 1 atom stereocenters. The molecule has 1 unspecified atom stereocenters. The minimum atomic E-state index is -0.744. The fourth-order valence-corrected chi connectivity index (χ4v) is 1.74. The van der Waals surface area contributed by atoms with Gasteiger partial charge >= 0.3 is 0 Å². The van der Waals surface area contributed by atoms with E-state index in [1.54, 1.807) is 0 Å². The Kier molecular flexibility index (Phi) is 7.16. The predicted octanol–water partition coefficient (Wildman–Crippen LogP) is 1.59. The number of aliphatic hydroxyl groups excluding tert-OH is 1. The molecular formula is C14H21FIN3O2. The van der Waals surface area contributed by atoms with Crippen LogP contribution < -0.4 is 10.5 Å². The van der Waals surface area contributed by atoms with E-state index in [0.29, 0.717) is 17.8 Å². The topological polar surface area (TPSA) is 71.1 Å². The van der Waals surface area contributed by atoms with Gasteiger partial charge in [0.1, 0.15) is 24.3 Å². The van der Waals surface area contributed by atoms with Gasteiger partial charge in [-0.25, -0.2) is 4.39 Å². The molecule has 0 saturated heterocycles. The SMILES string of the molecule is CN(C(N)=NCC(O)COc1ccc(F)cc1)C1CC1.I. The highest BCUT2D eigenvalue weighted by molar-refractivity contribution is 14.0. The Hall–Kier alpha value is -1.09. The van der Waals surface area contributed by atoms with Gasteiger partial charge in [-0.1, -0.05) is 0 Å². The first-order chi connectivity index (χ1) is 9.56. The van der Waals surface area contributed by atoms with E-state index in [4.69, 9.17) is 10.5 Å². The van der Waals surface area contributed by atoms with Gasteiger partial charge in [0.15, 0.2) is 5.96 Å². The highest BCUT2D eigenvalue weighted by Crippen LogP contribution is 2.24. The van der Waals surface area contributed by atoms with Gasteiger partial charge < -0.3 is 20.5 Å². The van der Waals surface area contributed by atoms with E-state index in [1.807, 2.05) is 11.9 Å². The number of ether oxygens (including phenoxy) is 1. The monoisotopic (exact) mass is 409 g/mol. The number of nitrogens with zero attached hydrogens (tertiary/aromatic N) is 2. The molecule has 1 aromatic rings. The second-order valence-electron chi connectivity index (χ2n) is 4.96. The van der Waals surface area contributed by atoms with E-state index in [2.05, 4.69) is 4.99 Å². The van der Waals surface area contributed by atoms with Crippen LogP contribution in [0.25, 0.3) is 0 Å². The summed E-state index contributed by atoms with van der Waals surface area (Å²) in [5, 5.41) is 9.77. The van der Waals surface area contributed by atoms with Crippen molar-refractivity contribution in [3.63, 3.8) is 0 Å². The van der Waals surface area contributed by atoms with Crippen LogP contribution in [0.3, 0.4) is 0 Å². The fraction of sp³-hybridized carbons (Fsp3) is 0.500. The Morgan fingerprint density at radius 2 is 2.10 bits per heavy atom. The van der Waals surface area contributed by atoms with Crippen molar-refractivity contribution >= 4 is 29.9 Å². The molecule has 0 spiro atoms. The first-order valence-corrected chi connectivity index (χ1v) is 6.65. The molecule has 0 aliphatic heterocycles. The lowest BCUT2D eigenvalue weighted by atomic mass is 10.3. The summed E-state index contributed by atoms with van der Waals surface area (Å²) in [6, 6.07) is 6.14. The third-order valence-corrected chi connectivity index (χ3v) is 3.18. The molecule has 118 valence electrons. The zero-order chi connectivity index (χ0) is 14.5. The van der Waals surface area contributed by atoms with Gasteiger partial charge in [-0.15, -0.1) is 24.0 Å². The van der Waals surface area contributed by atoms with Crippen molar-refractivity contribution in [3.05, 3.63) is 30.1 Å². The quantitative estimate of drug-likeness (QED) is 0.426. The summed E-state index contributed by atoms with van der Waals surface area (Å²) in [6.45, 7) is 0.277. The van der Waals surface area contributed by atoms with Gasteiger partial charge in [0.2, 0.25) is 0 Å². The number of halogens is 2. The van der Waals surface area contributed by atoms with Gasteiger partial charge in [-0.3, -0.25) is 4.99 Å². The minimum Gasteiger partial charge on any atom is -0.491 e. The minimum absolute atomic E-state index is 0. The van der Waals surface area contributed by atoms with Crippen molar-refractivity contribution in [2.75, 3.05) is 20.2 Å². The van der Waals surface area contributed by atoms with Gasteiger partial charge in [-0.05, 0) is 37.1 Å². The number of nitrogens with two attached hydrogens (primary N) is 1. The van der Waals surface area contributed by atoms with Crippen LogP contribution in [0.2, 0.25) is 0 Å². The smallest absolute Gasteiger partial charge is 0.191 e. The van der Waals surface area contributed by atoms with E-state index < -0.39 is 6.10 Å². The number of rotatable bonds is 6. The van der Waals surface area contributed by atoms with E-state index >= 15 is 0 Å². The summed E-state index contributed by atoms with van der Waals surface area (Å²) in [4.78, 5) is 6.07. The largest absolute Gasteiger partial charge is 0.491 e. The summed E-state index contributed by atoms with van der Waals surface area (Å²) in [5.74, 6) is 0.629. The second kappa shape index (κ2) is 8.38. The number of hydrogen-bond donors (Lipinski definition) is 2. The summed E-state index contributed by atoms with van der Waals surface area (Å²) in [5.41, 5.74) is 5.81. The number of hydrogen-bond acceptors (Lipinski definition) is 3. The van der Waals surface area contributed by atoms with Crippen molar-refractivity contribution in [1.82, 2.24) is 4.90 Å². The molecule has 1 aromatic carbocycles. The van der Waals surface area contributed by atoms with Crippen molar-refractivity contribution in [3.8, 4) is 5.75 Å². The molecular weight excluding hydrogens is 388 g/mol. The summed E-state index contributed by atoms with van der Waals surface area (Å²) >= 11 is 0. The molecule has 3 N–H and O–H groups in total. The van der Waals surface area contributed by atoms with Crippen LogP contribution in [0.1, 0.15) is 12.8 Å². The predicted molar refractivity (Wildman–Crippen MR) is 90.6 cm³/mol. The maximum Gasteiger partial charge on any atom is 0.191 e. The molecule has 2 rings (SSSR count). The average Bonchev–Trinajstić information content (AvgIpc) is 3.28. The molecule has 1 aliphatic carbocycles. The molecule has 0 amide bonds. The van der Waals surface area contributed by atoms with Crippen LogP contribution >= 0.6 is 24.0 Å². The Morgan fingerprint density at radius 3 is 2.67 bits per heavy atom. The zero-order valence-corrected chi connectivity index (χ0v) is 14.2. The van der Waals surface area contributed by atoms with Gasteiger partial charge in [-0.2, -0.15) is 0 Å². The molecule has 1 aliphatic rings. The normalized spacial score (nSPS) is 16.0. The molecule has 0 aromatic heterocycles. The number of aliphatic imine (C=N–C) groups is 1. The zero-order valence-electron chi connectivity index (χ0n) is 11.9. The molecule has 1 saturated carbocycles. The van der Waals surface area contributed by atoms with E-state index in [0.717, 1.165) is 12.8 Å². The Labute approximate surface area is 141 Å². The van der Waals surface area contributed by atoms with Crippen LogP contribution in [-0.4, -0.2) is 48.3 Å². The summed E-state index contributed by atoms with van der Waals surface area (Å²) in [7, 11) is 1.90. The third kappa shape index (κ3) is 6.04. The first kappa shape index (κ1) is 18.0. The number of guanidine groups is 1. The van der Waals surface area contributed by atoms with Crippen LogP contribution in [-0.2, 0) is 0 Å². The van der Waals surface area contributed by atoms with E-state index in [-0.39, 0.29) is 42.9 Å². The van der Waals surface area contributed by atoms with E-state index in [9.17, 15) is 9.50 Å². The first-order valence-electron chi connectivity index (χ1n) is 6.65. The highest BCUT2D eigenvalue weighted by Gasteiger charge is 2.27. The van der Waals surface area contributed by atoms with Crippen molar-refractivity contribution < 1.29 is 14.2 Å². The third-order valence-electron chi connectivity index (χ3n) is 3.18. The van der Waals surface area contributed by atoms with Crippen LogP contribution in [0.5, 0.6) is 5.75 Å². The van der Waals surface area contributed by atoms with Crippen LogP contribution in [0.15, 0.2) is 29.3 Å². The lowest BCUT2D eigenvalue weighted by Gasteiger charge is -2.17. The summed E-state index contributed by atoms with van der Waals surface area (Å²) < 4.78 is 18.0. The molecule has 1 fully saturated rings. The molecule has 7 heteroatoms. The van der Waals surface area contributed by atoms with E-state index in [1.165, 1.54) is 24.3 Å². The van der Waals surface area contributed by atoms with Gasteiger partial charge in [0.25, 0.3) is 0 Å². The van der Waals surface area contributed by atoms with Gasteiger partial charge in [0, 0.05) is 13.1 Å². The maximum absolute atomic E-state index is 12.7. The molecule has 21 heavy (non-hydrogen) atoms. The van der Waals surface area contributed by atoms with Gasteiger partial charge in [0.05, 0.1) is 6.54 Å². The average molecular weight is 409 g/mol. The Morgan fingerprint density at radius 1 is 1.48 bits per heavy atom. The number of benzene rings is 1. The Balaban J connectivity index is 0.00000220. The highest BCUT2D eigenvalue weighted by atomic mass is 127.